The average Bonchev–Trinajstić information content (AvgIpc) is 3.07. The molecule has 0 bridgehead atoms. The van der Waals surface area contributed by atoms with Gasteiger partial charge in [0.1, 0.15) is 17.7 Å². The Morgan fingerprint density at radius 1 is 0.880 bits per heavy atom. The van der Waals surface area contributed by atoms with Crippen molar-refractivity contribution in [2.24, 2.45) is 16.5 Å². The summed E-state index contributed by atoms with van der Waals surface area (Å²) < 4.78 is 67.7. The third kappa shape index (κ3) is 10.5. The number of carbonyl (C=O) groups is 4. The zero-order chi connectivity index (χ0) is 36.4. The molecule has 4 amide bonds. The fourth-order valence-corrected chi connectivity index (χ4v) is 5.29. The molecule has 0 spiro atoms. The predicted octanol–water partition coefficient (Wildman–Crippen LogP) is 2.52. The molecule has 266 valence electrons. The first-order valence-corrected chi connectivity index (χ1v) is 15.6. The van der Waals surface area contributed by atoms with Crippen LogP contribution in [0.15, 0.2) is 71.7 Å². The van der Waals surface area contributed by atoms with Gasteiger partial charge in [0.05, 0.1) is 18.7 Å². The summed E-state index contributed by atoms with van der Waals surface area (Å²) in [5.74, 6) is -4.39. The Morgan fingerprint density at radius 3 is 2.28 bits per heavy atom. The summed E-state index contributed by atoms with van der Waals surface area (Å²) in [6.45, 7) is -1.73. The molecule has 16 heteroatoms. The predicted molar refractivity (Wildman–Crippen MR) is 173 cm³/mol. The van der Waals surface area contributed by atoms with E-state index in [9.17, 15) is 41.1 Å². The SMILES string of the molecule is NC(N)=NCC[C@H]1NC(=O)c2ccccc2CNC(=O)CN(CCc2cc(F)ccc2F)C(=O)CN(CCc2ccc(C(F)(F)F)cc2)C1=O. The molecule has 4 rings (SSSR count). The number of fused-ring (bicyclic) bond motifs is 1. The largest absolute Gasteiger partial charge is 0.416 e. The van der Waals surface area contributed by atoms with Gasteiger partial charge in [0.15, 0.2) is 5.96 Å². The van der Waals surface area contributed by atoms with E-state index in [1.165, 1.54) is 18.2 Å². The van der Waals surface area contributed by atoms with Crippen molar-refractivity contribution in [3.8, 4) is 0 Å². The van der Waals surface area contributed by atoms with E-state index in [0.717, 1.165) is 40.1 Å². The summed E-state index contributed by atoms with van der Waals surface area (Å²) >= 11 is 0. The smallest absolute Gasteiger partial charge is 0.370 e. The monoisotopic (exact) mass is 701 g/mol. The molecule has 0 fully saturated rings. The quantitative estimate of drug-likeness (QED) is 0.152. The van der Waals surface area contributed by atoms with Crippen molar-refractivity contribution < 1.29 is 41.1 Å². The van der Waals surface area contributed by atoms with Gasteiger partial charge in [-0.3, -0.25) is 24.2 Å². The second kappa shape index (κ2) is 16.7. The van der Waals surface area contributed by atoms with E-state index in [2.05, 4.69) is 15.6 Å². The molecule has 11 nitrogen and oxygen atoms in total. The fourth-order valence-electron chi connectivity index (χ4n) is 5.29. The van der Waals surface area contributed by atoms with Crippen molar-refractivity contribution >= 4 is 29.6 Å². The van der Waals surface area contributed by atoms with Crippen LogP contribution in [0.2, 0.25) is 0 Å². The summed E-state index contributed by atoms with van der Waals surface area (Å²) in [5.41, 5.74) is 11.0. The third-order valence-electron chi connectivity index (χ3n) is 7.99. The highest BCUT2D eigenvalue weighted by molar-refractivity contribution is 5.99. The Hall–Kier alpha value is -5.54. The molecule has 1 atom stereocenters. The number of benzene rings is 3. The van der Waals surface area contributed by atoms with E-state index >= 15 is 0 Å². The van der Waals surface area contributed by atoms with Gasteiger partial charge in [0, 0.05) is 31.7 Å². The first-order chi connectivity index (χ1) is 23.7. The van der Waals surface area contributed by atoms with Crippen LogP contribution in [0.4, 0.5) is 22.0 Å². The average molecular weight is 702 g/mol. The number of nitrogens with one attached hydrogen (secondary N) is 2. The second-order valence-electron chi connectivity index (χ2n) is 11.6. The van der Waals surface area contributed by atoms with E-state index in [4.69, 9.17) is 11.5 Å². The summed E-state index contributed by atoms with van der Waals surface area (Å²) in [7, 11) is 0. The van der Waals surface area contributed by atoms with Crippen LogP contribution in [0.3, 0.4) is 0 Å². The molecule has 0 saturated carbocycles. The number of guanidine groups is 1. The van der Waals surface area contributed by atoms with Crippen LogP contribution in [0, 0.1) is 11.6 Å². The highest BCUT2D eigenvalue weighted by Gasteiger charge is 2.32. The molecule has 50 heavy (non-hydrogen) atoms. The first-order valence-electron chi connectivity index (χ1n) is 15.6. The van der Waals surface area contributed by atoms with Gasteiger partial charge >= 0.3 is 6.18 Å². The number of amides is 4. The van der Waals surface area contributed by atoms with Crippen molar-refractivity contribution in [1.29, 1.82) is 0 Å². The summed E-state index contributed by atoms with van der Waals surface area (Å²) in [6.07, 6.45) is -4.79. The number of hydrogen-bond acceptors (Lipinski definition) is 5. The van der Waals surface area contributed by atoms with Crippen LogP contribution < -0.4 is 22.1 Å². The first kappa shape index (κ1) is 37.3. The molecule has 6 N–H and O–H groups in total. The Morgan fingerprint density at radius 2 is 1.58 bits per heavy atom. The Labute approximate surface area is 284 Å². The molecule has 1 heterocycles. The van der Waals surface area contributed by atoms with Crippen molar-refractivity contribution in [2.45, 2.75) is 38.0 Å². The molecule has 3 aromatic rings. The lowest BCUT2D eigenvalue weighted by atomic mass is 10.0. The number of alkyl halides is 3. The number of halogens is 5. The van der Waals surface area contributed by atoms with Gasteiger partial charge in [0.2, 0.25) is 17.7 Å². The minimum absolute atomic E-state index is 0.0174. The van der Waals surface area contributed by atoms with Gasteiger partial charge in [0.25, 0.3) is 5.91 Å². The third-order valence-corrected chi connectivity index (χ3v) is 7.99. The lowest BCUT2D eigenvalue weighted by molar-refractivity contribution is -0.143. The lowest BCUT2D eigenvalue weighted by Gasteiger charge is -2.31. The van der Waals surface area contributed by atoms with E-state index < -0.39 is 66.1 Å². The van der Waals surface area contributed by atoms with Crippen LogP contribution in [0.25, 0.3) is 0 Å². The molecule has 0 aliphatic carbocycles. The number of aliphatic imine (C=N–C) groups is 1. The molecule has 3 aromatic carbocycles. The van der Waals surface area contributed by atoms with Crippen LogP contribution in [-0.2, 0) is 39.9 Å². The number of nitrogens with two attached hydrogens (primary N) is 2. The van der Waals surface area contributed by atoms with Crippen molar-refractivity contribution in [3.63, 3.8) is 0 Å². The molecular formula is C34H36F5N7O4. The summed E-state index contributed by atoms with van der Waals surface area (Å²) in [5, 5.41) is 5.35. The maximum Gasteiger partial charge on any atom is 0.416 e. The van der Waals surface area contributed by atoms with Crippen LogP contribution in [-0.4, -0.2) is 78.2 Å². The zero-order valence-electron chi connectivity index (χ0n) is 26.8. The molecular weight excluding hydrogens is 665 g/mol. The minimum Gasteiger partial charge on any atom is -0.370 e. The van der Waals surface area contributed by atoms with Crippen molar-refractivity contribution in [2.75, 3.05) is 32.7 Å². The summed E-state index contributed by atoms with van der Waals surface area (Å²) in [6, 6.07) is 12.2. The zero-order valence-corrected chi connectivity index (χ0v) is 26.8. The molecule has 0 radical (unpaired) electrons. The van der Waals surface area contributed by atoms with Gasteiger partial charge < -0.3 is 31.9 Å². The van der Waals surface area contributed by atoms with Crippen LogP contribution >= 0.6 is 0 Å². The second-order valence-corrected chi connectivity index (χ2v) is 11.6. The van der Waals surface area contributed by atoms with Crippen LogP contribution in [0.5, 0.6) is 0 Å². The van der Waals surface area contributed by atoms with Crippen LogP contribution in [0.1, 0.15) is 39.0 Å². The highest BCUT2D eigenvalue weighted by atomic mass is 19.4. The van der Waals surface area contributed by atoms with E-state index in [1.807, 2.05) is 0 Å². The molecule has 0 aromatic heterocycles. The minimum atomic E-state index is -4.56. The standard InChI is InChI=1S/C34H36F5N7O4/c35-25-9-10-27(36)22(17-25)13-16-45-19-29(47)43-18-23-3-1-2-4-26(23)31(49)44-28(11-14-42-33(40)41)32(50)46(20-30(45)48)15-12-21-5-7-24(8-6-21)34(37,38)39/h1-10,17,28H,11-16,18-20H2,(H,43,47)(H,44,49)(H4,40,41,42)/t28-/m1/s1. The van der Waals surface area contributed by atoms with Gasteiger partial charge in [-0.05, 0) is 72.4 Å². The lowest BCUT2D eigenvalue weighted by Crippen LogP contribution is -2.53. The number of hydrogen-bond donors (Lipinski definition) is 4. The molecule has 1 aliphatic heterocycles. The summed E-state index contributed by atoms with van der Waals surface area (Å²) in [4.78, 5) is 60.7. The van der Waals surface area contributed by atoms with Gasteiger partial charge in [-0.2, -0.15) is 13.2 Å². The van der Waals surface area contributed by atoms with E-state index in [0.29, 0.717) is 11.1 Å². The Bertz CT molecular complexity index is 1730. The molecule has 0 saturated heterocycles. The van der Waals surface area contributed by atoms with Crippen molar-refractivity contribution in [3.05, 3.63) is 106 Å². The normalized spacial score (nSPS) is 16.3. The van der Waals surface area contributed by atoms with Gasteiger partial charge in [-0.1, -0.05) is 30.3 Å². The Balaban J connectivity index is 1.69. The van der Waals surface area contributed by atoms with E-state index in [-0.39, 0.29) is 62.5 Å². The maximum atomic E-state index is 14.5. The molecule has 1 aliphatic rings. The number of carbonyl (C=O) groups excluding carboxylic acids is 4. The number of nitrogens with zero attached hydrogens (tertiary/aromatic N) is 3. The number of rotatable bonds is 9. The molecule has 0 unspecified atom stereocenters. The fraction of sp³-hybridized carbons (Fsp3) is 0.324. The maximum absolute atomic E-state index is 14.5. The van der Waals surface area contributed by atoms with Gasteiger partial charge in [-0.15, -0.1) is 0 Å². The highest BCUT2D eigenvalue weighted by Crippen LogP contribution is 2.29. The van der Waals surface area contributed by atoms with Crippen molar-refractivity contribution in [1.82, 2.24) is 20.4 Å². The Kier molecular flexibility index (Phi) is 12.5. The van der Waals surface area contributed by atoms with E-state index in [1.54, 1.807) is 18.2 Å². The topological polar surface area (TPSA) is 163 Å². The van der Waals surface area contributed by atoms with Gasteiger partial charge in [-0.25, -0.2) is 8.78 Å².